The maximum absolute atomic E-state index is 13.6. The Labute approximate surface area is 284 Å². The van der Waals surface area contributed by atoms with E-state index >= 15 is 0 Å². The first-order chi connectivity index (χ1) is 23.2. The summed E-state index contributed by atoms with van der Waals surface area (Å²) >= 11 is 1.27. The number of benzene rings is 2. The van der Waals surface area contributed by atoms with Crippen molar-refractivity contribution in [2.75, 3.05) is 20.6 Å². The number of β-lactam (4-membered cyclic amide) rings is 1. The quantitative estimate of drug-likeness (QED) is 0.155. The number of nitrogens with zero attached hydrogens (tertiary/aromatic N) is 5. The van der Waals surface area contributed by atoms with Gasteiger partial charge in [0.2, 0.25) is 11.8 Å². The van der Waals surface area contributed by atoms with Gasteiger partial charge in [-0.1, -0.05) is 6.92 Å². The summed E-state index contributed by atoms with van der Waals surface area (Å²) in [5, 5.41) is 31.9. The molecular formula is C32H35N5O11S. The molecule has 0 spiro atoms. The summed E-state index contributed by atoms with van der Waals surface area (Å²) in [5.41, 5.74) is 0.814. The standard InChI is InChI=1S/C32H35N5O11S/c1-17-26-25(18(2)38)30(40)35(26)27(31(41)47-15-19-5-9-21(10-6-19)36(43)44)28(17)49-23-13-24(29(39)33(3)4)34(14-23)32(42)48-16-20-7-11-22(12-8-20)37(45)46/h5-12,17-18,23-26,38H,13-16H2,1-4H3/t17-,18-,23+,24+,25-,26-/m1/s1/i3+2,4+2. The van der Waals surface area contributed by atoms with Gasteiger partial charge in [-0.3, -0.25) is 34.7 Å². The van der Waals surface area contributed by atoms with Gasteiger partial charge in [0, 0.05) is 61.0 Å². The number of amides is 3. The maximum Gasteiger partial charge on any atom is 0.410 e. The first-order valence-corrected chi connectivity index (χ1v) is 16.3. The Balaban J connectivity index is 1.35. The largest absolute Gasteiger partial charge is 0.456 e. The maximum atomic E-state index is 13.6. The number of nitro groups is 2. The topological polar surface area (TPSA) is 203 Å². The fourth-order valence-corrected chi connectivity index (χ4v) is 7.86. The first kappa shape index (κ1) is 35.3. The number of hydrogen-bond donors (Lipinski definition) is 1. The molecule has 3 aliphatic heterocycles. The van der Waals surface area contributed by atoms with Crippen LogP contribution in [0.4, 0.5) is 16.2 Å². The second-order valence-corrected chi connectivity index (χ2v) is 13.7. The molecule has 0 aromatic heterocycles. The fourth-order valence-electron chi connectivity index (χ4n) is 6.34. The normalized spacial score (nSPS) is 23.4. The SMILES string of the molecule is C[C@@H](O)[C@H]1C(=O)N2C(C(=O)OCc3ccc([N+](=O)[O-])cc3)=C(S[C@H]3C[C@@H](C(=O)N([14CH3])[14CH3])N(C(=O)OCc4ccc([N+](=O)[O-])cc4)C3)[C@H](C)[C@H]12. The summed E-state index contributed by atoms with van der Waals surface area (Å²) in [7, 11) is 3.13. The van der Waals surface area contributed by atoms with Gasteiger partial charge in [-0.15, -0.1) is 11.8 Å². The summed E-state index contributed by atoms with van der Waals surface area (Å²) in [6.07, 6.45) is -1.51. The molecule has 49 heavy (non-hydrogen) atoms. The molecule has 0 saturated carbocycles. The van der Waals surface area contributed by atoms with Crippen LogP contribution in [-0.4, -0.2) is 97.6 Å². The van der Waals surface area contributed by atoms with Gasteiger partial charge in [0.25, 0.3) is 11.4 Å². The molecule has 3 amide bonds. The van der Waals surface area contributed by atoms with Crippen LogP contribution in [0.3, 0.4) is 0 Å². The van der Waals surface area contributed by atoms with E-state index in [1.807, 2.05) is 6.92 Å². The molecule has 0 bridgehead atoms. The Morgan fingerprint density at radius 3 is 2.02 bits per heavy atom. The molecule has 16 nitrogen and oxygen atoms in total. The molecule has 6 atom stereocenters. The van der Waals surface area contributed by atoms with E-state index in [9.17, 15) is 44.5 Å². The molecule has 0 radical (unpaired) electrons. The van der Waals surface area contributed by atoms with Crippen LogP contribution in [-0.2, 0) is 37.1 Å². The highest BCUT2D eigenvalue weighted by molar-refractivity contribution is 8.03. The number of nitro benzene ring substituents is 2. The van der Waals surface area contributed by atoms with Crippen LogP contribution >= 0.6 is 11.8 Å². The number of ether oxygens (including phenoxy) is 2. The molecule has 5 rings (SSSR count). The Bertz CT molecular complexity index is 1700. The zero-order chi connectivity index (χ0) is 35.7. The van der Waals surface area contributed by atoms with Gasteiger partial charge in [0.1, 0.15) is 25.0 Å². The summed E-state index contributed by atoms with van der Waals surface area (Å²) in [4.78, 5) is 78.8. The van der Waals surface area contributed by atoms with Crippen LogP contribution in [0.15, 0.2) is 59.1 Å². The molecule has 2 fully saturated rings. The Morgan fingerprint density at radius 1 is 1.00 bits per heavy atom. The van der Waals surface area contributed by atoms with Crippen molar-refractivity contribution in [3.63, 3.8) is 0 Å². The summed E-state index contributed by atoms with van der Waals surface area (Å²) < 4.78 is 11.1. The Morgan fingerprint density at radius 2 is 1.53 bits per heavy atom. The van der Waals surface area contributed by atoms with Crippen molar-refractivity contribution in [1.29, 1.82) is 0 Å². The highest BCUT2D eigenvalue weighted by Gasteiger charge is 2.60. The van der Waals surface area contributed by atoms with E-state index < -0.39 is 57.2 Å². The molecule has 0 aliphatic carbocycles. The molecule has 2 aromatic carbocycles. The van der Waals surface area contributed by atoms with Crippen LogP contribution in [0.2, 0.25) is 0 Å². The van der Waals surface area contributed by atoms with Gasteiger partial charge in [-0.05, 0) is 48.7 Å². The van der Waals surface area contributed by atoms with Crippen LogP contribution in [0.5, 0.6) is 0 Å². The molecule has 1 N–H and O–H groups in total. The number of non-ortho nitro benzene ring substituents is 2. The van der Waals surface area contributed by atoms with Crippen molar-refractivity contribution in [1.82, 2.24) is 14.7 Å². The minimum absolute atomic E-state index is 0.0287. The van der Waals surface area contributed by atoms with Crippen molar-refractivity contribution in [3.05, 3.63) is 90.5 Å². The molecule has 2 saturated heterocycles. The zero-order valence-corrected chi connectivity index (χ0v) is 27.9. The number of likely N-dealkylation sites (N-methyl/N-ethyl adjacent to an activating group) is 1. The van der Waals surface area contributed by atoms with Crippen molar-refractivity contribution >= 4 is 47.0 Å². The minimum atomic E-state index is -0.965. The number of hydrogen-bond acceptors (Lipinski definition) is 12. The highest BCUT2D eigenvalue weighted by Crippen LogP contribution is 2.52. The number of likely N-dealkylation sites (tertiary alicyclic amines) is 1. The van der Waals surface area contributed by atoms with E-state index in [2.05, 4.69) is 0 Å². The molecule has 0 unspecified atom stereocenters. The summed E-state index contributed by atoms with van der Waals surface area (Å²) in [5.74, 6) is -2.66. The van der Waals surface area contributed by atoms with Crippen molar-refractivity contribution < 1.29 is 43.6 Å². The molecule has 3 heterocycles. The molecule has 17 heteroatoms. The second kappa shape index (κ2) is 14.2. The average molecular weight is 702 g/mol. The van der Waals surface area contributed by atoms with Crippen LogP contribution in [0.25, 0.3) is 0 Å². The average Bonchev–Trinajstić information content (AvgIpc) is 3.59. The molecule has 2 aromatic rings. The highest BCUT2D eigenvalue weighted by atomic mass is 32.2. The second-order valence-electron chi connectivity index (χ2n) is 12.3. The van der Waals surface area contributed by atoms with E-state index in [1.165, 1.54) is 81.9 Å². The lowest BCUT2D eigenvalue weighted by molar-refractivity contribution is -0.385. The van der Waals surface area contributed by atoms with Crippen LogP contribution < -0.4 is 0 Å². The predicted octanol–water partition coefficient (Wildman–Crippen LogP) is 3.22. The third kappa shape index (κ3) is 7.07. The number of thioether (sulfide) groups is 1. The number of aliphatic hydroxyl groups excluding tert-OH is 1. The van der Waals surface area contributed by atoms with E-state index in [1.54, 1.807) is 14.1 Å². The Kier molecular flexibility index (Phi) is 10.2. The number of rotatable bonds is 11. The number of fused-ring (bicyclic) bond motifs is 1. The summed E-state index contributed by atoms with van der Waals surface area (Å²) in [6.45, 7) is 3.04. The smallest absolute Gasteiger partial charge is 0.410 e. The third-order valence-corrected chi connectivity index (χ3v) is 10.3. The van der Waals surface area contributed by atoms with Crippen molar-refractivity contribution in [2.45, 2.75) is 56.9 Å². The summed E-state index contributed by atoms with van der Waals surface area (Å²) in [6, 6.07) is 9.66. The lowest BCUT2D eigenvalue weighted by Crippen LogP contribution is -2.63. The monoisotopic (exact) mass is 701 g/mol. The molecule has 260 valence electrons. The van der Waals surface area contributed by atoms with Gasteiger partial charge in [-0.2, -0.15) is 0 Å². The third-order valence-electron chi connectivity index (χ3n) is 8.85. The van der Waals surface area contributed by atoms with Crippen molar-refractivity contribution in [2.24, 2.45) is 11.8 Å². The number of aliphatic hydroxyl groups is 1. The first-order valence-electron chi connectivity index (χ1n) is 15.4. The molecular weight excluding hydrogens is 666 g/mol. The van der Waals surface area contributed by atoms with E-state index in [0.717, 1.165) is 0 Å². The van der Waals surface area contributed by atoms with Gasteiger partial charge in [0.15, 0.2) is 0 Å². The molecule has 3 aliphatic rings. The van der Waals surface area contributed by atoms with E-state index in [0.29, 0.717) is 16.0 Å². The number of carbonyl (C=O) groups excluding carboxylic acids is 4. The minimum Gasteiger partial charge on any atom is -0.456 e. The Hall–Kier alpha value is -5.03. The fraction of sp³-hybridized carbons (Fsp3) is 0.438. The van der Waals surface area contributed by atoms with Gasteiger partial charge >= 0.3 is 12.1 Å². The number of esters is 1. The lowest BCUT2D eigenvalue weighted by Gasteiger charge is -2.46. The van der Waals surface area contributed by atoms with E-state index in [4.69, 9.17) is 9.47 Å². The van der Waals surface area contributed by atoms with Crippen LogP contribution in [0.1, 0.15) is 31.4 Å². The predicted molar refractivity (Wildman–Crippen MR) is 173 cm³/mol. The van der Waals surface area contributed by atoms with Crippen molar-refractivity contribution in [3.8, 4) is 0 Å². The van der Waals surface area contributed by atoms with Gasteiger partial charge in [-0.25, -0.2) is 9.59 Å². The zero-order valence-electron chi connectivity index (χ0n) is 27.1. The van der Waals surface area contributed by atoms with E-state index in [-0.39, 0.29) is 55.1 Å². The van der Waals surface area contributed by atoms with Gasteiger partial charge < -0.3 is 24.4 Å². The van der Waals surface area contributed by atoms with Gasteiger partial charge in [0.05, 0.1) is 27.9 Å². The lowest BCUT2D eigenvalue weighted by atomic mass is 9.79. The van der Waals surface area contributed by atoms with Crippen LogP contribution in [0, 0.1) is 32.1 Å². The number of carbonyl (C=O) groups is 4.